The quantitative estimate of drug-likeness (QED) is 0.780. The zero-order valence-electron chi connectivity index (χ0n) is 12.3. The van der Waals surface area contributed by atoms with Gasteiger partial charge in [0.25, 0.3) is 0 Å². The van der Waals surface area contributed by atoms with Crippen molar-refractivity contribution >= 4 is 28.4 Å². The van der Waals surface area contributed by atoms with E-state index in [4.69, 9.17) is 0 Å². The number of halogens is 1. The molecule has 23 heavy (non-hydrogen) atoms. The van der Waals surface area contributed by atoms with E-state index < -0.39 is 11.8 Å². The molecule has 0 aliphatic carbocycles. The van der Waals surface area contributed by atoms with Crippen molar-refractivity contribution in [3.05, 3.63) is 36.3 Å². The lowest BCUT2D eigenvalue weighted by molar-refractivity contribution is -0.150. The molecular formula is C16H15FN4O2. The molecule has 4 rings (SSSR count). The van der Waals surface area contributed by atoms with Crippen molar-refractivity contribution in [2.75, 3.05) is 31.1 Å². The summed E-state index contributed by atoms with van der Waals surface area (Å²) in [5.41, 5.74) is 1.25. The number of fused-ring (bicyclic) bond motifs is 2. The number of para-hydroxylation sites is 1. The second-order valence-electron chi connectivity index (χ2n) is 5.77. The van der Waals surface area contributed by atoms with Crippen LogP contribution in [0.4, 0.5) is 10.1 Å². The highest BCUT2D eigenvalue weighted by molar-refractivity contribution is 6.35. The molecule has 1 aromatic heterocycles. The third kappa shape index (κ3) is 2.19. The summed E-state index contributed by atoms with van der Waals surface area (Å²) >= 11 is 0. The van der Waals surface area contributed by atoms with Crippen molar-refractivity contribution in [1.29, 1.82) is 0 Å². The molecular weight excluding hydrogens is 299 g/mol. The molecule has 7 heteroatoms. The molecule has 1 unspecified atom stereocenters. The van der Waals surface area contributed by atoms with Gasteiger partial charge in [0.1, 0.15) is 11.3 Å². The van der Waals surface area contributed by atoms with Crippen molar-refractivity contribution in [2.45, 2.75) is 6.04 Å². The van der Waals surface area contributed by atoms with Crippen LogP contribution in [-0.2, 0) is 9.59 Å². The molecule has 118 valence electrons. The predicted octanol–water partition coefficient (Wildman–Crippen LogP) is 0.521. The number of benzene rings is 1. The van der Waals surface area contributed by atoms with Gasteiger partial charge >= 0.3 is 11.8 Å². The van der Waals surface area contributed by atoms with E-state index in [0.29, 0.717) is 31.7 Å². The van der Waals surface area contributed by atoms with Crippen molar-refractivity contribution in [3.63, 3.8) is 0 Å². The van der Waals surface area contributed by atoms with Crippen molar-refractivity contribution in [1.82, 2.24) is 15.2 Å². The number of nitrogens with one attached hydrogen (secondary N) is 1. The molecule has 3 heterocycles. The highest BCUT2D eigenvalue weighted by atomic mass is 19.1. The minimum absolute atomic E-state index is 0.0641. The molecule has 0 bridgehead atoms. The van der Waals surface area contributed by atoms with Crippen LogP contribution in [0, 0.1) is 5.82 Å². The predicted molar refractivity (Wildman–Crippen MR) is 82.4 cm³/mol. The van der Waals surface area contributed by atoms with Gasteiger partial charge in [0.2, 0.25) is 0 Å². The normalized spacial score (nSPS) is 21.3. The summed E-state index contributed by atoms with van der Waals surface area (Å²) in [5.74, 6) is -1.35. The Bertz CT molecular complexity index is 810. The Morgan fingerprint density at radius 2 is 2.09 bits per heavy atom. The second-order valence-corrected chi connectivity index (χ2v) is 5.77. The molecule has 2 aromatic rings. The minimum Gasteiger partial charge on any atom is -0.367 e. The van der Waals surface area contributed by atoms with Gasteiger partial charge in [-0.2, -0.15) is 0 Å². The molecule has 0 spiro atoms. The summed E-state index contributed by atoms with van der Waals surface area (Å²) in [6.45, 7) is 2.13. The molecule has 1 N–H and O–H groups in total. The average molecular weight is 314 g/mol. The molecule has 0 radical (unpaired) electrons. The zero-order chi connectivity index (χ0) is 16.0. The van der Waals surface area contributed by atoms with Gasteiger partial charge in [-0.15, -0.1) is 0 Å². The van der Waals surface area contributed by atoms with Gasteiger partial charge in [-0.1, -0.05) is 12.1 Å². The van der Waals surface area contributed by atoms with E-state index in [2.05, 4.69) is 15.2 Å². The SMILES string of the molecule is O=C1NCC2CN(c3ccnc4c(F)cccc34)CCN2C1=O. The number of amides is 2. The van der Waals surface area contributed by atoms with Gasteiger partial charge in [-0.05, 0) is 12.1 Å². The Morgan fingerprint density at radius 1 is 1.22 bits per heavy atom. The zero-order valence-corrected chi connectivity index (χ0v) is 12.3. The van der Waals surface area contributed by atoms with E-state index in [9.17, 15) is 14.0 Å². The summed E-state index contributed by atoms with van der Waals surface area (Å²) in [5, 5.41) is 3.38. The van der Waals surface area contributed by atoms with Gasteiger partial charge in [-0.3, -0.25) is 14.6 Å². The number of anilines is 1. The van der Waals surface area contributed by atoms with Gasteiger partial charge in [0, 0.05) is 43.4 Å². The Morgan fingerprint density at radius 3 is 2.96 bits per heavy atom. The Labute approximate surface area is 131 Å². The van der Waals surface area contributed by atoms with Crippen LogP contribution in [-0.4, -0.2) is 53.9 Å². The van der Waals surface area contributed by atoms with Gasteiger partial charge < -0.3 is 15.1 Å². The Hall–Kier alpha value is -2.70. The standard InChI is InChI=1S/C16H15FN4O2/c17-12-3-1-2-11-13(4-5-18-14(11)12)20-6-7-21-10(9-20)8-19-15(22)16(21)23/h1-5,10H,6-9H2,(H,19,22). The first kappa shape index (κ1) is 13.9. The van der Waals surface area contributed by atoms with Gasteiger partial charge in [0.05, 0.1) is 6.04 Å². The van der Waals surface area contributed by atoms with Crippen LogP contribution in [0.25, 0.3) is 10.9 Å². The van der Waals surface area contributed by atoms with E-state index in [0.717, 1.165) is 11.1 Å². The molecule has 2 aliphatic rings. The molecule has 1 atom stereocenters. The summed E-state index contributed by atoms with van der Waals surface area (Å²) in [6, 6.07) is 6.71. The van der Waals surface area contributed by atoms with Gasteiger partial charge in [0.15, 0.2) is 0 Å². The first-order valence-corrected chi connectivity index (χ1v) is 7.52. The minimum atomic E-state index is -0.536. The lowest BCUT2D eigenvalue weighted by Gasteiger charge is -2.44. The molecule has 2 saturated heterocycles. The second kappa shape index (κ2) is 5.19. The number of hydrogen-bond acceptors (Lipinski definition) is 4. The summed E-state index contributed by atoms with van der Waals surface area (Å²) in [6.07, 6.45) is 1.60. The Kier molecular flexibility index (Phi) is 3.14. The van der Waals surface area contributed by atoms with Crippen molar-refractivity contribution in [3.8, 4) is 0 Å². The van der Waals surface area contributed by atoms with Gasteiger partial charge in [-0.25, -0.2) is 4.39 Å². The summed E-state index contributed by atoms with van der Waals surface area (Å²) < 4.78 is 13.9. The fourth-order valence-electron chi connectivity index (χ4n) is 3.33. The third-order valence-corrected chi connectivity index (χ3v) is 4.48. The van der Waals surface area contributed by atoms with E-state index >= 15 is 0 Å². The molecule has 0 saturated carbocycles. The number of hydrogen-bond donors (Lipinski definition) is 1. The van der Waals surface area contributed by atoms with Crippen LogP contribution in [0.3, 0.4) is 0 Å². The number of rotatable bonds is 1. The third-order valence-electron chi connectivity index (χ3n) is 4.48. The molecule has 2 aliphatic heterocycles. The number of pyridine rings is 1. The number of aromatic nitrogens is 1. The average Bonchev–Trinajstić information content (AvgIpc) is 2.58. The van der Waals surface area contributed by atoms with Crippen LogP contribution in [0.15, 0.2) is 30.5 Å². The molecule has 1 aromatic carbocycles. The van der Waals surface area contributed by atoms with E-state index in [1.807, 2.05) is 12.1 Å². The first-order valence-electron chi connectivity index (χ1n) is 7.52. The van der Waals surface area contributed by atoms with Crippen molar-refractivity contribution < 1.29 is 14.0 Å². The molecule has 2 fully saturated rings. The number of carbonyl (C=O) groups is 2. The molecule has 2 amide bonds. The Balaban J connectivity index is 1.67. The molecule has 6 nitrogen and oxygen atoms in total. The number of carbonyl (C=O) groups excluding carboxylic acids is 2. The van der Waals surface area contributed by atoms with Crippen LogP contribution >= 0.6 is 0 Å². The largest absolute Gasteiger partial charge is 0.367 e. The topological polar surface area (TPSA) is 65.5 Å². The van der Waals surface area contributed by atoms with E-state index in [-0.39, 0.29) is 11.9 Å². The van der Waals surface area contributed by atoms with Crippen LogP contribution in [0.1, 0.15) is 0 Å². The van der Waals surface area contributed by atoms with Crippen LogP contribution in [0.2, 0.25) is 0 Å². The van der Waals surface area contributed by atoms with E-state index in [1.165, 1.54) is 6.07 Å². The first-order chi connectivity index (χ1) is 11.1. The fraction of sp³-hybridized carbons (Fsp3) is 0.312. The van der Waals surface area contributed by atoms with Crippen molar-refractivity contribution in [2.24, 2.45) is 0 Å². The maximum atomic E-state index is 13.9. The summed E-state index contributed by atoms with van der Waals surface area (Å²) in [7, 11) is 0. The number of nitrogens with zero attached hydrogens (tertiary/aromatic N) is 3. The smallest absolute Gasteiger partial charge is 0.312 e. The highest BCUT2D eigenvalue weighted by Crippen LogP contribution is 2.28. The van der Waals surface area contributed by atoms with E-state index in [1.54, 1.807) is 17.2 Å². The van der Waals surface area contributed by atoms with Crippen LogP contribution in [0.5, 0.6) is 0 Å². The summed E-state index contributed by atoms with van der Waals surface area (Å²) in [4.78, 5) is 31.2. The maximum Gasteiger partial charge on any atom is 0.312 e. The highest BCUT2D eigenvalue weighted by Gasteiger charge is 2.37. The lowest BCUT2D eigenvalue weighted by atomic mass is 10.1. The monoisotopic (exact) mass is 314 g/mol. The number of piperazine rings is 2. The fourth-order valence-corrected chi connectivity index (χ4v) is 3.33. The maximum absolute atomic E-state index is 13.9. The van der Waals surface area contributed by atoms with Crippen LogP contribution < -0.4 is 10.2 Å². The lowest BCUT2D eigenvalue weighted by Crippen LogP contribution is -2.65.